The number of thiazole rings is 1. The number of hydrogen-bond donors (Lipinski definition) is 1. The molecule has 0 aliphatic carbocycles. The van der Waals surface area contributed by atoms with Crippen LogP contribution in [0.3, 0.4) is 0 Å². The van der Waals surface area contributed by atoms with Crippen molar-refractivity contribution in [2.24, 2.45) is 0 Å². The number of aryl methyl sites for hydroxylation is 2. The number of anilines is 1. The van der Waals surface area contributed by atoms with E-state index in [4.69, 9.17) is 4.74 Å². The highest BCUT2D eigenvalue weighted by atomic mass is 32.1. The van der Waals surface area contributed by atoms with Gasteiger partial charge in [0.05, 0.1) is 18.8 Å². The van der Waals surface area contributed by atoms with Gasteiger partial charge in [0, 0.05) is 10.9 Å². The lowest BCUT2D eigenvalue weighted by Gasteiger charge is -2.05. The number of aromatic nitrogens is 3. The van der Waals surface area contributed by atoms with E-state index in [-0.39, 0.29) is 0 Å². The number of rotatable bonds is 5. The predicted molar refractivity (Wildman–Crippen MR) is 72.1 cm³/mol. The van der Waals surface area contributed by atoms with E-state index in [1.807, 2.05) is 13.8 Å². The maximum atomic E-state index is 5.32. The number of ether oxygens (including phenoxy) is 1. The van der Waals surface area contributed by atoms with Crippen LogP contribution < -0.4 is 10.1 Å². The van der Waals surface area contributed by atoms with E-state index < -0.39 is 0 Å². The summed E-state index contributed by atoms with van der Waals surface area (Å²) in [4.78, 5) is 13.9. The molecule has 1 N–H and O–H groups in total. The fraction of sp³-hybridized carbons (Fsp3) is 0.417. The van der Waals surface area contributed by atoms with Gasteiger partial charge in [0.1, 0.15) is 17.2 Å². The molecule has 2 aromatic rings. The predicted octanol–water partition coefficient (Wildman–Crippen LogP) is 2.56. The van der Waals surface area contributed by atoms with E-state index in [0.717, 1.165) is 16.5 Å². The van der Waals surface area contributed by atoms with Gasteiger partial charge in [-0.1, -0.05) is 0 Å². The number of nitrogens with one attached hydrogen (secondary N) is 1. The fourth-order valence-corrected chi connectivity index (χ4v) is 2.32. The maximum absolute atomic E-state index is 5.32. The molecule has 0 atom stereocenters. The molecule has 0 spiro atoms. The van der Waals surface area contributed by atoms with Crippen LogP contribution >= 0.6 is 11.3 Å². The van der Waals surface area contributed by atoms with Crippen LogP contribution in [0.25, 0.3) is 0 Å². The lowest BCUT2D eigenvalue weighted by Crippen LogP contribution is -2.02. The normalized spacial score (nSPS) is 10.4. The zero-order chi connectivity index (χ0) is 13.0. The summed E-state index contributed by atoms with van der Waals surface area (Å²) in [6, 6.07) is 1.79. The Labute approximate surface area is 110 Å². The number of nitrogens with zero attached hydrogens (tertiary/aromatic N) is 3. The molecular weight excluding hydrogens is 248 g/mol. The number of hydrogen-bond acceptors (Lipinski definition) is 6. The second-order valence-corrected chi connectivity index (χ2v) is 5.06. The lowest BCUT2D eigenvalue weighted by atomic mass is 10.4. The first-order valence-electron chi connectivity index (χ1n) is 5.80. The van der Waals surface area contributed by atoms with Crippen LogP contribution in [0.5, 0.6) is 5.88 Å². The Hall–Kier alpha value is -1.69. The van der Waals surface area contributed by atoms with Gasteiger partial charge in [0.25, 0.3) is 0 Å². The SMILES string of the molecule is CCOc1cc(NCc2nc(C)c(C)s2)ncn1. The van der Waals surface area contributed by atoms with Crippen LogP contribution in [0.4, 0.5) is 5.82 Å². The fourth-order valence-electron chi connectivity index (χ4n) is 1.44. The smallest absolute Gasteiger partial charge is 0.218 e. The Balaban J connectivity index is 1.99. The maximum Gasteiger partial charge on any atom is 0.218 e. The van der Waals surface area contributed by atoms with Crippen molar-refractivity contribution >= 4 is 17.2 Å². The van der Waals surface area contributed by atoms with Gasteiger partial charge in [0.15, 0.2) is 0 Å². The topological polar surface area (TPSA) is 59.9 Å². The van der Waals surface area contributed by atoms with Crippen molar-refractivity contribution in [3.63, 3.8) is 0 Å². The van der Waals surface area contributed by atoms with E-state index in [1.54, 1.807) is 17.4 Å². The Morgan fingerprint density at radius 1 is 1.33 bits per heavy atom. The molecule has 0 aliphatic heterocycles. The van der Waals surface area contributed by atoms with Crippen LogP contribution in [0, 0.1) is 13.8 Å². The molecule has 0 unspecified atom stereocenters. The standard InChI is InChI=1S/C12H16N4OS/c1-4-17-11-5-10(14-7-15-11)13-6-12-16-8(2)9(3)18-12/h5,7H,4,6H2,1-3H3,(H,13,14,15). The van der Waals surface area contributed by atoms with E-state index >= 15 is 0 Å². The first kappa shape index (κ1) is 12.8. The Morgan fingerprint density at radius 3 is 2.83 bits per heavy atom. The van der Waals surface area contributed by atoms with Crippen LogP contribution in [-0.2, 0) is 6.54 Å². The van der Waals surface area contributed by atoms with Gasteiger partial charge in [0.2, 0.25) is 5.88 Å². The minimum absolute atomic E-state index is 0.585. The molecule has 6 heteroatoms. The Bertz CT molecular complexity index is 507. The molecule has 2 aromatic heterocycles. The second kappa shape index (κ2) is 5.77. The molecule has 0 aromatic carbocycles. The molecule has 0 radical (unpaired) electrons. The van der Waals surface area contributed by atoms with E-state index in [0.29, 0.717) is 19.0 Å². The summed E-state index contributed by atoms with van der Waals surface area (Å²) in [6.45, 7) is 7.29. The highest BCUT2D eigenvalue weighted by Gasteiger charge is 2.04. The average molecular weight is 264 g/mol. The zero-order valence-corrected chi connectivity index (χ0v) is 11.5. The lowest BCUT2D eigenvalue weighted by molar-refractivity contribution is 0.326. The highest BCUT2D eigenvalue weighted by molar-refractivity contribution is 7.11. The molecule has 0 fully saturated rings. The monoisotopic (exact) mass is 264 g/mol. The van der Waals surface area contributed by atoms with E-state index in [9.17, 15) is 0 Å². The Kier molecular flexibility index (Phi) is 4.09. The van der Waals surface area contributed by atoms with Gasteiger partial charge >= 0.3 is 0 Å². The highest BCUT2D eigenvalue weighted by Crippen LogP contribution is 2.18. The van der Waals surface area contributed by atoms with Crippen LogP contribution in [0.15, 0.2) is 12.4 Å². The summed E-state index contributed by atoms with van der Waals surface area (Å²) in [5.74, 6) is 1.33. The van der Waals surface area contributed by atoms with Crippen LogP contribution in [0.1, 0.15) is 22.5 Å². The van der Waals surface area contributed by atoms with Crippen LogP contribution in [-0.4, -0.2) is 21.6 Å². The summed E-state index contributed by atoms with van der Waals surface area (Å²) in [5.41, 5.74) is 1.09. The van der Waals surface area contributed by atoms with Crippen molar-refractivity contribution in [1.29, 1.82) is 0 Å². The van der Waals surface area contributed by atoms with Gasteiger partial charge in [-0.25, -0.2) is 15.0 Å². The quantitative estimate of drug-likeness (QED) is 0.899. The summed E-state index contributed by atoms with van der Waals surface area (Å²) in [5, 5.41) is 4.27. The minimum Gasteiger partial charge on any atom is -0.478 e. The molecule has 96 valence electrons. The molecule has 2 rings (SSSR count). The summed E-state index contributed by atoms with van der Waals surface area (Å²) in [7, 11) is 0. The minimum atomic E-state index is 0.585. The van der Waals surface area contributed by atoms with E-state index in [1.165, 1.54) is 11.2 Å². The first-order valence-corrected chi connectivity index (χ1v) is 6.62. The third-order valence-corrected chi connectivity index (χ3v) is 3.50. The van der Waals surface area contributed by atoms with E-state index in [2.05, 4.69) is 27.2 Å². The molecule has 18 heavy (non-hydrogen) atoms. The largest absolute Gasteiger partial charge is 0.478 e. The molecule has 0 saturated heterocycles. The van der Waals surface area contributed by atoms with Gasteiger partial charge in [-0.3, -0.25) is 0 Å². The van der Waals surface area contributed by atoms with Crippen molar-refractivity contribution in [1.82, 2.24) is 15.0 Å². The molecule has 0 bridgehead atoms. The zero-order valence-electron chi connectivity index (χ0n) is 10.7. The van der Waals surface area contributed by atoms with Crippen molar-refractivity contribution in [3.8, 4) is 5.88 Å². The third kappa shape index (κ3) is 3.16. The second-order valence-electron chi connectivity index (χ2n) is 3.78. The third-order valence-electron chi connectivity index (χ3n) is 2.43. The van der Waals surface area contributed by atoms with Crippen molar-refractivity contribution in [2.75, 3.05) is 11.9 Å². The summed E-state index contributed by atoms with van der Waals surface area (Å²) in [6.07, 6.45) is 1.49. The molecule has 2 heterocycles. The molecule has 0 saturated carbocycles. The van der Waals surface area contributed by atoms with Crippen molar-refractivity contribution < 1.29 is 4.74 Å². The summed E-state index contributed by atoms with van der Waals surface area (Å²) < 4.78 is 5.32. The molecule has 5 nitrogen and oxygen atoms in total. The first-order chi connectivity index (χ1) is 8.69. The molecular formula is C12H16N4OS. The average Bonchev–Trinajstić information content (AvgIpc) is 2.67. The Morgan fingerprint density at radius 2 is 2.17 bits per heavy atom. The van der Waals surface area contributed by atoms with Crippen molar-refractivity contribution in [3.05, 3.63) is 28.0 Å². The van der Waals surface area contributed by atoms with Gasteiger partial charge < -0.3 is 10.1 Å². The molecule has 0 aliphatic rings. The van der Waals surface area contributed by atoms with Gasteiger partial charge in [-0.15, -0.1) is 11.3 Å². The summed E-state index contributed by atoms with van der Waals surface area (Å²) >= 11 is 1.70. The van der Waals surface area contributed by atoms with Crippen molar-refractivity contribution in [2.45, 2.75) is 27.3 Å². The molecule has 0 amide bonds. The van der Waals surface area contributed by atoms with Gasteiger partial charge in [-0.2, -0.15) is 0 Å². The van der Waals surface area contributed by atoms with Crippen LogP contribution in [0.2, 0.25) is 0 Å². The van der Waals surface area contributed by atoms with Gasteiger partial charge in [-0.05, 0) is 20.8 Å².